The molecule has 0 fully saturated rings. The van der Waals surface area contributed by atoms with Crippen LogP contribution < -0.4 is 5.32 Å². The molecule has 0 amide bonds. The van der Waals surface area contributed by atoms with Crippen LogP contribution in [-0.4, -0.2) is 18.3 Å². The van der Waals surface area contributed by atoms with E-state index in [4.69, 9.17) is 0 Å². The highest BCUT2D eigenvalue weighted by atomic mass is 32.2. The van der Waals surface area contributed by atoms with Gasteiger partial charge >= 0.3 is 0 Å². The molecular formula is C12H18FNS. The molecule has 0 saturated heterocycles. The fraction of sp³-hybridized carbons (Fsp3) is 0.500. The lowest BCUT2D eigenvalue weighted by Gasteiger charge is -2.11. The Hall–Kier alpha value is -0.540. The van der Waals surface area contributed by atoms with Gasteiger partial charge in [-0.1, -0.05) is 13.8 Å². The van der Waals surface area contributed by atoms with Gasteiger partial charge in [-0.2, -0.15) is 0 Å². The van der Waals surface area contributed by atoms with Gasteiger partial charge in [0.2, 0.25) is 0 Å². The van der Waals surface area contributed by atoms with E-state index in [2.05, 4.69) is 19.2 Å². The van der Waals surface area contributed by atoms with Crippen LogP contribution in [0.5, 0.6) is 0 Å². The van der Waals surface area contributed by atoms with Crippen LogP contribution in [0.3, 0.4) is 0 Å². The van der Waals surface area contributed by atoms with Crippen LogP contribution in [0.25, 0.3) is 0 Å². The first-order valence-corrected chi connectivity index (χ1v) is 6.23. The van der Waals surface area contributed by atoms with E-state index in [1.54, 1.807) is 11.8 Å². The van der Waals surface area contributed by atoms with Crippen molar-refractivity contribution >= 4 is 11.8 Å². The van der Waals surface area contributed by atoms with Crippen molar-refractivity contribution in [3.63, 3.8) is 0 Å². The van der Waals surface area contributed by atoms with Crippen LogP contribution in [-0.2, 0) is 0 Å². The number of hydrogen-bond acceptors (Lipinski definition) is 2. The average molecular weight is 227 g/mol. The maximum atomic E-state index is 12.7. The predicted octanol–water partition coefficient (Wildman–Crippen LogP) is 3.31. The summed E-state index contributed by atoms with van der Waals surface area (Å²) in [6.45, 7) is 6.39. The number of thioether (sulfide) groups is 1. The zero-order chi connectivity index (χ0) is 11.1. The molecule has 1 nitrogen and oxygen atoms in total. The highest BCUT2D eigenvalue weighted by Gasteiger charge is 2.03. The maximum absolute atomic E-state index is 12.7. The molecule has 1 N–H and O–H groups in total. The van der Waals surface area contributed by atoms with Crippen molar-refractivity contribution in [2.45, 2.75) is 30.4 Å². The fourth-order valence-corrected chi connectivity index (χ4v) is 2.23. The Morgan fingerprint density at radius 2 is 2.00 bits per heavy atom. The van der Waals surface area contributed by atoms with Gasteiger partial charge < -0.3 is 5.32 Å². The average Bonchev–Trinajstić information content (AvgIpc) is 2.22. The van der Waals surface area contributed by atoms with Crippen LogP contribution >= 0.6 is 11.8 Å². The Morgan fingerprint density at radius 3 is 2.60 bits per heavy atom. The van der Waals surface area contributed by atoms with Crippen LogP contribution in [0.15, 0.2) is 29.2 Å². The smallest absolute Gasteiger partial charge is 0.123 e. The number of hydrogen-bond donors (Lipinski definition) is 1. The van der Waals surface area contributed by atoms with Crippen LogP contribution in [0.4, 0.5) is 4.39 Å². The summed E-state index contributed by atoms with van der Waals surface area (Å²) in [7, 11) is 0. The minimum Gasteiger partial charge on any atom is -0.316 e. The summed E-state index contributed by atoms with van der Waals surface area (Å²) in [4.78, 5) is 1.13. The molecule has 0 aromatic heterocycles. The van der Waals surface area contributed by atoms with E-state index in [1.807, 2.05) is 12.1 Å². The molecule has 0 aliphatic rings. The van der Waals surface area contributed by atoms with E-state index >= 15 is 0 Å². The molecule has 0 aliphatic carbocycles. The molecule has 0 heterocycles. The lowest BCUT2D eigenvalue weighted by atomic mass is 10.3. The highest BCUT2D eigenvalue weighted by Crippen LogP contribution is 2.22. The molecule has 0 aliphatic heterocycles. The van der Waals surface area contributed by atoms with Crippen molar-refractivity contribution in [1.82, 2.24) is 5.32 Å². The van der Waals surface area contributed by atoms with Crippen molar-refractivity contribution in [2.24, 2.45) is 0 Å². The molecule has 84 valence electrons. The Balaban J connectivity index is 2.31. The Labute approximate surface area is 95.5 Å². The molecule has 15 heavy (non-hydrogen) atoms. The summed E-state index contributed by atoms with van der Waals surface area (Å²) in [6.07, 6.45) is 1.16. The van der Waals surface area contributed by atoms with Gasteiger partial charge in [-0.05, 0) is 37.2 Å². The largest absolute Gasteiger partial charge is 0.316 e. The summed E-state index contributed by atoms with van der Waals surface area (Å²) in [5.74, 6) is -0.170. The Morgan fingerprint density at radius 1 is 1.33 bits per heavy atom. The lowest BCUT2D eigenvalue weighted by molar-refractivity contribution is 0.626. The van der Waals surface area contributed by atoms with Crippen molar-refractivity contribution in [1.29, 1.82) is 0 Å². The number of benzene rings is 1. The topological polar surface area (TPSA) is 12.0 Å². The van der Waals surface area contributed by atoms with Gasteiger partial charge in [0.15, 0.2) is 0 Å². The van der Waals surface area contributed by atoms with Crippen LogP contribution in [0, 0.1) is 5.82 Å². The molecule has 1 aromatic carbocycles. The van der Waals surface area contributed by atoms with Crippen LogP contribution in [0.1, 0.15) is 20.3 Å². The zero-order valence-electron chi connectivity index (χ0n) is 9.29. The molecule has 0 spiro atoms. The normalized spacial score (nSPS) is 12.7. The van der Waals surface area contributed by atoms with Crippen molar-refractivity contribution in [2.75, 3.05) is 13.1 Å². The number of halogens is 1. The van der Waals surface area contributed by atoms with Crippen molar-refractivity contribution in [3.8, 4) is 0 Å². The van der Waals surface area contributed by atoms with Crippen molar-refractivity contribution < 1.29 is 4.39 Å². The van der Waals surface area contributed by atoms with E-state index in [-0.39, 0.29) is 5.82 Å². The van der Waals surface area contributed by atoms with Gasteiger partial charge in [-0.3, -0.25) is 0 Å². The molecule has 3 heteroatoms. The first-order valence-electron chi connectivity index (χ1n) is 5.35. The second-order valence-electron chi connectivity index (χ2n) is 3.59. The predicted molar refractivity (Wildman–Crippen MR) is 64.9 cm³/mol. The molecule has 1 rings (SSSR count). The zero-order valence-corrected chi connectivity index (χ0v) is 10.1. The van der Waals surface area contributed by atoms with Crippen LogP contribution in [0.2, 0.25) is 0 Å². The van der Waals surface area contributed by atoms with E-state index < -0.39 is 0 Å². The highest BCUT2D eigenvalue weighted by molar-refractivity contribution is 8.00. The monoisotopic (exact) mass is 227 g/mol. The van der Waals surface area contributed by atoms with E-state index in [0.29, 0.717) is 5.25 Å². The third-order valence-electron chi connectivity index (χ3n) is 2.01. The summed E-state index contributed by atoms with van der Waals surface area (Å²) < 4.78 is 12.7. The lowest BCUT2D eigenvalue weighted by Crippen LogP contribution is -2.23. The van der Waals surface area contributed by atoms with Gasteiger partial charge in [-0.15, -0.1) is 11.8 Å². The fourth-order valence-electron chi connectivity index (χ4n) is 1.27. The van der Waals surface area contributed by atoms with Gasteiger partial charge in [0.25, 0.3) is 0 Å². The third kappa shape index (κ3) is 5.19. The van der Waals surface area contributed by atoms with E-state index in [1.165, 1.54) is 12.1 Å². The Kier molecular flexibility index (Phi) is 5.73. The number of nitrogens with one attached hydrogen (secondary N) is 1. The molecule has 1 aromatic rings. The molecular weight excluding hydrogens is 209 g/mol. The van der Waals surface area contributed by atoms with Gasteiger partial charge in [-0.25, -0.2) is 4.39 Å². The van der Waals surface area contributed by atoms with Gasteiger partial charge in [0.05, 0.1) is 0 Å². The minimum absolute atomic E-state index is 0.170. The second kappa shape index (κ2) is 6.85. The molecule has 0 saturated carbocycles. The quantitative estimate of drug-likeness (QED) is 0.591. The van der Waals surface area contributed by atoms with E-state index in [0.717, 1.165) is 24.4 Å². The summed E-state index contributed by atoms with van der Waals surface area (Å²) in [6, 6.07) is 6.68. The maximum Gasteiger partial charge on any atom is 0.123 e. The third-order valence-corrected chi connectivity index (χ3v) is 3.12. The first-order chi connectivity index (χ1) is 7.22. The minimum atomic E-state index is -0.170. The first kappa shape index (κ1) is 12.5. The van der Waals surface area contributed by atoms with Gasteiger partial charge in [0, 0.05) is 16.7 Å². The molecule has 0 bridgehead atoms. The molecule has 1 atom stereocenters. The standard InChI is InChI=1S/C12H18FNS/c1-3-8-14-9-10(2)15-12-6-4-11(13)5-7-12/h4-7,10,14H,3,8-9H2,1-2H3. The Bertz CT molecular complexity index is 273. The summed E-state index contributed by atoms with van der Waals surface area (Å²) in [5.41, 5.74) is 0. The molecule has 0 radical (unpaired) electrons. The molecule has 1 unspecified atom stereocenters. The van der Waals surface area contributed by atoms with E-state index in [9.17, 15) is 4.39 Å². The summed E-state index contributed by atoms with van der Waals surface area (Å²) in [5, 5.41) is 3.89. The SMILES string of the molecule is CCCNCC(C)Sc1ccc(F)cc1. The van der Waals surface area contributed by atoms with Gasteiger partial charge in [0.1, 0.15) is 5.82 Å². The second-order valence-corrected chi connectivity index (χ2v) is 5.10. The summed E-state index contributed by atoms with van der Waals surface area (Å²) >= 11 is 1.77. The van der Waals surface area contributed by atoms with Crippen molar-refractivity contribution in [3.05, 3.63) is 30.1 Å². The number of rotatable bonds is 6.